The van der Waals surface area contributed by atoms with Gasteiger partial charge in [0.15, 0.2) is 5.65 Å². The Hall–Kier alpha value is -3.48. The van der Waals surface area contributed by atoms with E-state index in [4.69, 9.17) is 0 Å². The zero-order valence-corrected chi connectivity index (χ0v) is 15.3. The third-order valence-corrected chi connectivity index (χ3v) is 4.61. The molecule has 0 amide bonds. The third-order valence-electron chi connectivity index (χ3n) is 4.61. The fraction of sp³-hybridized carbons (Fsp3) is 0.200. The molecule has 0 radical (unpaired) electrons. The fourth-order valence-corrected chi connectivity index (χ4v) is 3.38. The van der Waals surface area contributed by atoms with Crippen molar-refractivity contribution in [1.82, 2.24) is 24.6 Å². The maximum absolute atomic E-state index is 12.6. The molecule has 0 aliphatic carbocycles. The standard InChI is InChI=1S/C20H19N5O2/c1-11-16(20(27)22-13(3)21-11)9-15-10-17(26)25-19(23-15)18(12(2)24-25)14-7-5-4-6-8-14/h4-8,10,24H,9H2,1-3H3,(H,21,22,27). The van der Waals surface area contributed by atoms with Gasteiger partial charge in [-0.05, 0) is 26.3 Å². The number of benzene rings is 1. The SMILES string of the molecule is Cc1nc(C)c(Cc2cc(=O)n3[nH]c(C)c(-c4ccccc4)c3n2)c(=O)[nH]1. The Morgan fingerprint density at radius 3 is 2.48 bits per heavy atom. The summed E-state index contributed by atoms with van der Waals surface area (Å²) in [5.74, 6) is 0.567. The monoisotopic (exact) mass is 361 g/mol. The van der Waals surface area contributed by atoms with Crippen LogP contribution in [0.2, 0.25) is 0 Å². The van der Waals surface area contributed by atoms with Crippen LogP contribution in [0.5, 0.6) is 0 Å². The van der Waals surface area contributed by atoms with Crippen LogP contribution < -0.4 is 11.1 Å². The van der Waals surface area contributed by atoms with Crippen molar-refractivity contribution in [2.45, 2.75) is 27.2 Å². The summed E-state index contributed by atoms with van der Waals surface area (Å²) in [6, 6.07) is 11.2. The van der Waals surface area contributed by atoms with E-state index in [1.165, 1.54) is 10.6 Å². The predicted octanol–water partition coefficient (Wildman–Crippen LogP) is 2.29. The Bertz CT molecular complexity index is 1270. The highest BCUT2D eigenvalue weighted by Crippen LogP contribution is 2.26. The van der Waals surface area contributed by atoms with Crippen molar-refractivity contribution in [1.29, 1.82) is 0 Å². The van der Waals surface area contributed by atoms with Gasteiger partial charge < -0.3 is 4.98 Å². The van der Waals surface area contributed by atoms with Gasteiger partial charge in [0.25, 0.3) is 11.1 Å². The van der Waals surface area contributed by atoms with Gasteiger partial charge in [-0.25, -0.2) is 14.5 Å². The first kappa shape index (κ1) is 17.0. The van der Waals surface area contributed by atoms with E-state index in [-0.39, 0.29) is 17.5 Å². The fourth-order valence-electron chi connectivity index (χ4n) is 3.38. The van der Waals surface area contributed by atoms with Crippen LogP contribution >= 0.6 is 0 Å². The molecule has 0 aliphatic rings. The summed E-state index contributed by atoms with van der Waals surface area (Å²) >= 11 is 0. The Balaban J connectivity index is 1.89. The highest BCUT2D eigenvalue weighted by Gasteiger charge is 2.16. The lowest BCUT2D eigenvalue weighted by atomic mass is 10.1. The molecule has 1 aromatic carbocycles. The van der Waals surface area contributed by atoms with Gasteiger partial charge in [0.1, 0.15) is 5.82 Å². The molecule has 4 aromatic rings. The van der Waals surface area contributed by atoms with Crippen LogP contribution in [0.1, 0.15) is 28.5 Å². The van der Waals surface area contributed by atoms with E-state index in [2.05, 4.69) is 20.1 Å². The molecule has 136 valence electrons. The average Bonchev–Trinajstić information content (AvgIpc) is 2.95. The molecule has 0 fully saturated rings. The Morgan fingerprint density at radius 1 is 1.04 bits per heavy atom. The van der Waals surface area contributed by atoms with Crippen LogP contribution in [0, 0.1) is 20.8 Å². The summed E-state index contributed by atoms with van der Waals surface area (Å²) in [6.07, 6.45) is 0.249. The van der Waals surface area contributed by atoms with E-state index < -0.39 is 0 Å². The molecule has 0 bridgehead atoms. The highest BCUT2D eigenvalue weighted by atomic mass is 16.1. The number of aromatic amines is 2. The van der Waals surface area contributed by atoms with Crippen molar-refractivity contribution < 1.29 is 0 Å². The number of H-pyrrole nitrogens is 2. The minimum absolute atomic E-state index is 0.199. The lowest BCUT2D eigenvalue weighted by Crippen LogP contribution is -2.20. The first-order valence-corrected chi connectivity index (χ1v) is 8.67. The van der Waals surface area contributed by atoms with Crippen LogP contribution in [0.4, 0.5) is 0 Å². The molecule has 0 saturated carbocycles. The molecular weight excluding hydrogens is 342 g/mol. The smallest absolute Gasteiger partial charge is 0.272 e. The van der Waals surface area contributed by atoms with Crippen molar-refractivity contribution in [3.8, 4) is 11.1 Å². The molecule has 3 aromatic heterocycles. The van der Waals surface area contributed by atoms with Gasteiger partial charge in [0.2, 0.25) is 0 Å². The van der Waals surface area contributed by atoms with Gasteiger partial charge in [-0.1, -0.05) is 30.3 Å². The first-order chi connectivity index (χ1) is 12.9. The molecule has 2 N–H and O–H groups in total. The molecule has 7 heteroatoms. The van der Waals surface area contributed by atoms with E-state index in [1.807, 2.05) is 37.3 Å². The molecular formula is C20H19N5O2. The van der Waals surface area contributed by atoms with Gasteiger partial charge in [-0.3, -0.25) is 14.7 Å². The van der Waals surface area contributed by atoms with Crippen LogP contribution in [0.3, 0.4) is 0 Å². The number of aryl methyl sites for hydroxylation is 3. The summed E-state index contributed by atoms with van der Waals surface area (Å²) < 4.78 is 1.44. The topological polar surface area (TPSA) is 95.9 Å². The Morgan fingerprint density at radius 2 is 1.78 bits per heavy atom. The molecule has 0 saturated heterocycles. The van der Waals surface area contributed by atoms with Gasteiger partial charge in [-0.2, -0.15) is 0 Å². The van der Waals surface area contributed by atoms with Crippen molar-refractivity contribution >= 4 is 5.65 Å². The summed E-state index contributed by atoms with van der Waals surface area (Å²) in [5, 5.41) is 3.08. The van der Waals surface area contributed by atoms with Gasteiger partial charge in [-0.15, -0.1) is 0 Å². The third kappa shape index (κ3) is 2.97. The lowest BCUT2D eigenvalue weighted by molar-refractivity contribution is 0.857. The normalized spacial score (nSPS) is 11.2. The van der Waals surface area contributed by atoms with Crippen LogP contribution in [0.15, 0.2) is 46.0 Å². The quantitative estimate of drug-likeness (QED) is 0.585. The van der Waals surface area contributed by atoms with E-state index >= 15 is 0 Å². The predicted molar refractivity (Wildman–Crippen MR) is 103 cm³/mol. The summed E-state index contributed by atoms with van der Waals surface area (Å²) in [4.78, 5) is 36.6. The summed E-state index contributed by atoms with van der Waals surface area (Å²) in [7, 11) is 0. The molecule has 0 unspecified atom stereocenters. The van der Waals surface area contributed by atoms with Crippen molar-refractivity contribution in [3.05, 3.63) is 85.6 Å². The lowest BCUT2D eigenvalue weighted by Gasteiger charge is -2.06. The van der Waals surface area contributed by atoms with Crippen LogP contribution in [0.25, 0.3) is 16.8 Å². The number of nitrogens with one attached hydrogen (secondary N) is 2. The number of fused-ring (bicyclic) bond motifs is 1. The number of rotatable bonds is 3. The summed E-state index contributed by atoms with van der Waals surface area (Å²) in [5.41, 5.74) is 4.55. The maximum atomic E-state index is 12.6. The average molecular weight is 361 g/mol. The zero-order chi connectivity index (χ0) is 19.1. The second kappa shape index (κ2) is 6.35. The minimum atomic E-state index is -0.213. The Kier molecular flexibility index (Phi) is 3.99. The maximum Gasteiger partial charge on any atom is 0.272 e. The van der Waals surface area contributed by atoms with Crippen LogP contribution in [-0.4, -0.2) is 24.6 Å². The molecule has 0 atom stereocenters. The van der Waals surface area contributed by atoms with E-state index in [9.17, 15) is 9.59 Å². The number of hydrogen-bond donors (Lipinski definition) is 2. The molecule has 7 nitrogen and oxygen atoms in total. The minimum Gasteiger partial charge on any atom is -0.311 e. The first-order valence-electron chi connectivity index (χ1n) is 8.67. The largest absolute Gasteiger partial charge is 0.311 e. The van der Waals surface area contributed by atoms with Crippen molar-refractivity contribution in [2.24, 2.45) is 0 Å². The van der Waals surface area contributed by atoms with Gasteiger partial charge >= 0.3 is 0 Å². The van der Waals surface area contributed by atoms with E-state index in [0.29, 0.717) is 28.4 Å². The second-order valence-electron chi connectivity index (χ2n) is 6.61. The second-order valence-corrected chi connectivity index (χ2v) is 6.61. The van der Waals surface area contributed by atoms with Crippen molar-refractivity contribution in [3.63, 3.8) is 0 Å². The van der Waals surface area contributed by atoms with Crippen molar-refractivity contribution in [2.75, 3.05) is 0 Å². The zero-order valence-electron chi connectivity index (χ0n) is 15.3. The number of aromatic nitrogens is 5. The van der Waals surface area contributed by atoms with Crippen LogP contribution in [-0.2, 0) is 6.42 Å². The molecule has 3 heterocycles. The van der Waals surface area contributed by atoms with Gasteiger partial charge in [0.05, 0.1) is 5.69 Å². The number of hydrogen-bond acceptors (Lipinski definition) is 4. The highest BCUT2D eigenvalue weighted by molar-refractivity contribution is 5.79. The molecule has 4 rings (SSSR count). The molecule has 27 heavy (non-hydrogen) atoms. The van der Waals surface area contributed by atoms with Gasteiger partial charge in [0, 0.05) is 35.0 Å². The summed E-state index contributed by atoms with van der Waals surface area (Å²) in [6.45, 7) is 5.44. The molecule has 0 aliphatic heterocycles. The van der Waals surface area contributed by atoms with E-state index in [1.54, 1.807) is 13.8 Å². The Labute approximate surface area is 154 Å². The number of nitrogens with zero attached hydrogens (tertiary/aromatic N) is 3. The molecule has 0 spiro atoms. The van der Waals surface area contributed by atoms with E-state index in [0.717, 1.165) is 16.8 Å².